The van der Waals surface area contributed by atoms with Gasteiger partial charge in [-0.15, -0.1) is 17.8 Å². The molecule has 1 saturated heterocycles. The summed E-state index contributed by atoms with van der Waals surface area (Å²) < 4.78 is 17.8. The van der Waals surface area contributed by atoms with Crippen molar-refractivity contribution < 1.29 is 14.2 Å². The number of ether oxygens (including phenoxy) is 3. The van der Waals surface area contributed by atoms with E-state index in [1.54, 1.807) is 0 Å². The first-order valence-electron chi connectivity index (χ1n) is 11.2. The number of hydrogen-bond acceptors (Lipinski definition) is 6. The second-order valence-corrected chi connectivity index (χ2v) is 9.66. The quantitative estimate of drug-likeness (QED) is 0.516. The number of aryl methyl sites for hydroxylation is 1. The van der Waals surface area contributed by atoms with Crippen molar-refractivity contribution in [2.75, 3.05) is 39.5 Å². The van der Waals surface area contributed by atoms with Crippen molar-refractivity contribution in [2.45, 2.75) is 56.6 Å². The number of fused-ring (bicyclic) bond motifs is 3. The van der Waals surface area contributed by atoms with Crippen LogP contribution in [0.2, 0.25) is 0 Å². The highest BCUT2D eigenvalue weighted by atomic mass is 32.1. The summed E-state index contributed by atoms with van der Waals surface area (Å²) in [5.41, 5.74) is 1.40. The van der Waals surface area contributed by atoms with Gasteiger partial charge in [0, 0.05) is 36.1 Å². The van der Waals surface area contributed by atoms with Gasteiger partial charge in [-0.05, 0) is 50.2 Å². The van der Waals surface area contributed by atoms with Gasteiger partial charge in [-0.3, -0.25) is 4.90 Å². The molecule has 3 aliphatic rings. The largest absolute Gasteiger partial charge is 0.490 e. The van der Waals surface area contributed by atoms with Gasteiger partial charge >= 0.3 is 0 Å². The first kappa shape index (κ1) is 20.3. The van der Waals surface area contributed by atoms with Gasteiger partial charge in [0.2, 0.25) is 0 Å². The molecule has 0 amide bonds. The van der Waals surface area contributed by atoms with Crippen LogP contribution in [0, 0.1) is 12.3 Å². The molecular weight excluding hydrogens is 396 g/mol. The van der Waals surface area contributed by atoms with Crippen molar-refractivity contribution >= 4 is 21.6 Å². The van der Waals surface area contributed by atoms with Gasteiger partial charge in [0.1, 0.15) is 17.2 Å². The molecule has 2 aromatic rings. The van der Waals surface area contributed by atoms with Crippen LogP contribution >= 0.6 is 11.3 Å². The molecule has 160 valence electrons. The van der Waals surface area contributed by atoms with E-state index in [-0.39, 0.29) is 0 Å². The summed E-state index contributed by atoms with van der Waals surface area (Å²) in [6.07, 6.45) is 14.4. The lowest BCUT2D eigenvalue weighted by atomic mass is 9.91. The number of morpholine rings is 1. The van der Waals surface area contributed by atoms with Gasteiger partial charge in [-0.2, -0.15) is 0 Å². The van der Waals surface area contributed by atoms with E-state index in [1.165, 1.54) is 28.7 Å². The molecule has 0 aromatic carbocycles. The van der Waals surface area contributed by atoms with E-state index in [2.05, 4.69) is 21.9 Å². The number of thiophene rings is 1. The molecule has 0 N–H and O–H groups in total. The molecule has 6 heteroatoms. The lowest BCUT2D eigenvalue weighted by Crippen LogP contribution is -2.46. The third-order valence-electron chi connectivity index (χ3n) is 6.80. The Bertz CT molecular complexity index is 907. The Labute approximate surface area is 182 Å². The summed E-state index contributed by atoms with van der Waals surface area (Å²) in [6, 6.07) is 2.75. The zero-order chi connectivity index (χ0) is 20.3. The van der Waals surface area contributed by atoms with Gasteiger partial charge in [0.25, 0.3) is 0 Å². The van der Waals surface area contributed by atoms with E-state index in [0.717, 1.165) is 62.6 Å². The normalized spacial score (nSPS) is 27.1. The van der Waals surface area contributed by atoms with E-state index in [0.29, 0.717) is 31.3 Å². The number of hydrogen-bond donors (Lipinski definition) is 0. The molecule has 5 rings (SSSR count). The highest BCUT2D eigenvalue weighted by Crippen LogP contribution is 2.47. The van der Waals surface area contributed by atoms with E-state index in [4.69, 9.17) is 20.6 Å². The summed E-state index contributed by atoms with van der Waals surface area (Å²) in [5.74, 6) is 3.98. The van der Waals surface area contributed by atoms with Crippen LogP contribution in [0.4, 0.5) is 0 Å². The van der Waals surface area contributed by atoms with Crippen LogP contribution in [-0.4, -0.2) is 61.5 Å². The Kier molecular flexibility index (Phi) is 6.24. The second-order valence-electron chi connectivity index (χ2n) is 8.58. The van der Waals surface area contributed by atoms with E-state index in [1.807, 2.05) is 17.5 Å². The van der Waals surface area contributed by atoms with Crippen molar-refractivity contribution in [3.8, 4) is 18.1 Å². The van der Waals surface area contributed by atoms with E-state index >= 15 is 0 Å². The van der Waals surface area contributed by atoms with Crippen molar-refractivity contribution in [3.63, 3.8) is 0 Å². The molecule has 3 heterocycles. The van der Waals surface area contributed by atoms with Crippen molar-refractivity contribution in [1.82, 2.24) is 9.88 Å². The highest BCUT2D eigenvalue weighted by Gasteiger charge is 2.31. The van der Waals surface area contributed by atoms with Gasteiger partial charge in [0.05, 0.1) is 31.3 Å². The minimum atomic E-state index is 0.293. The predicted molar refractivity (Wildman–Crippen MR) is 119 cm³/mol. The van der Waals surface area contributed by atoms with Crippen LogP contribution in [0.25, 0.3) is 10.2 Å². The Morgan fingerprint density at radius 1 is 1.20 bits per heavy atom. The number of aromatic nitrogens is 1. The summed E-state index contributed by atoms with van der Waals surface area (Å²) in [7, 11) is 0. The molecule has 0 spiro atoms. The summed E-state index contributed by atoms with van der Waals surface area (Å²) in [4.78, 5) is 9.80. The van der Waals surface area contributed by atoms with Gasteiger partial charge < -0.3 is 14.2 Å². The van der Waals surface area contributed by atoms with Crippen LogP contribution < -0.4 is 4.74 Å². The standard InChI is InChI=1S/C24H30N2O3S/c1-2-13-28-16-17-3-8-21-22(17)23-20(9-10-25-24(23)30-21)29-19-6-4-18(5-7-19)26-11-14-27-15-12-26/h1,9-10,17-19H,3-8,11-16H2/t17-,18?,19?/m1/s1. The number of rotatable bonds is 6. The van der Waals surface area contributed by atoms with Crippen LogP contribution in [-0.2, 0) is 15.9 Å². The third-order valence-corrected chi connectivity index (χ3v) is 7.97. The smallest absolute Gasteiger partial charge is 0.131 e. The maximum Gasteiger partial charge on any atom is 0.131 e. The number of terminal acetylenes is 1. The zero-order valence-electron chi connectivity index (χ0n) is 17.5. The monoisotopic (exact) mass is 426 g/mol. The molecule has 1 aliphatic heterocycles. The lowest BCUT2D eigenvalue weighted by molar-refractivity contribution is -0.000920. The summed E-state index contributed by atoms with van der Waals surface area (Å²) in [6.45, 7) is 4.96. The highest BCUT2D eigenvalue weighted by molar-refractivity contribution is 7.19. The average molecular weight is 427 g/mol. The Balaban J connectivity index is 1.29. The SMILES string of the molecule is C#CCOC[C@H]1CCc2sc3nccc(OC4CCC(N5CCOCC5)CC4)c3c21. The molecule has 1 atom stereocenters. The molecule has 2 aromatic heterocycles. The molecule has 1 saturated carbocycles. The first-order valence-corrected chi connectivity index (χ1v) is 12.0. The molecule has 2 aliphatic carbocycles. The minimum Gasteiger partial charge on any atom is -0.490 e. The molecule has 2 fully saturated rings. The first-order chi connectivity index (χ1) is 14.8. The van der Waals surface area contributed by atoms with Gasteiger partial charge in [-0.25, -0.2) is 4.98 Å². The second kappa shape index (κ2) is 9.23. The Morgan fingerprint density at radius 2 is 2.03 bits per heavy atom. The molecule has 0 radical (unpaired) electrons. The van der Waals surface area contributed by atoms with Crippen LogP contribution in [0.3, 0.4) is 0 Å². The van der Waals surface area contributed by atoms with Crippen LogP contribution in [0.5, 0.6) is 5.75 Å². The molecular formula is C24H30N2O3S. The van der Waals surface area contributed by atoms with E-state index in [9.17, 15) is 0 Å². The fourth-order valence-electron chi connectivity index (χ4n) is 5.30. The van der Waals surface area contributed by atoms with Gasteiger partial charge in [-0.1, -0.05) is 5.92 Å². The molecule has 0 unspecified atom stereocenters. The third kappa shape index (κ3) is 4.09. The predicted octanol–water partition coefficient (Wildman–Crippen LogP) is 4.00. The fraction of sp³-hybridized carbons (Fsp3) is 0.625. The summed E-state index contributed by atoms with van der Waals surface area (Å²) >= 11 is 1.82. The minimum absolute atomic E-state index is 0.293. The number of nitrogens with zero attached hydrogens (tertiary/aromatic N) is 2. The molecule has 30 heavy (non-hydrogen) atoms. The topological polar surface area (TPSA) is 43.8 Å². The average Bonchev–Trinajstić information content (AvgIpc) is 3.35. The maximum atomic E-state index is 6.61. The zero-order valence-corrected chi connectivity index (χ0v) is 18.3. The van der Waals surface area contributed by atoms with E-state index < -0.39 is 0 Å². The van der Waals surface area contributed by atoms with Crippen molar-refractivity contribution in [3.05, 3.63) is 22.7 Å². The molecule has 5 nitrogen and oxygen atoms in total. The summed E-state index contributed by atoms with van der Waals surface area (Å²) in [5, 5.41) is 1.22. The maximum absolute atomic E-state index is 6.61. The Morgan fingerprint density at radius 3 is 2.83 bits per heavy atom. The van der Waals surface area contributed by atoms with Gasteiger partial charge in [0.15, 0.2) is 0 Å². The van der Waals surface area contributed by atoms with Crippen molar-refractivity contribution in [1.29, 1.82) is 0 Å². The van der Waals surface area contributed by atoms with Crippen molar-refractivity contribution in [2.24, 2.45) is 0 Å². The fourth-order valence-corrected chi connectivity index (χ4v) is 6.56. The number of pyridine rings is 1. The lowest BCUT2D eigenvalue weighted by Gasteiger charge is -2.38. The van der Waals surface area contributed by atoms with Crippen LogP contribution in [0.15, 0.2) is 12.3 Å². The van der Waals surface area contributed by atoms with Crippen LogP contribution in [0.1, 0.15) is 48.5 Å². The Hall–Kier alpha value is -1.65. The molecule has 0 bridgehead atoms.